The SMILES string of the molecule is N#Cc1cc(CC(=O)O)c(CBr)cc1S. The zero-order valence-corrected chi connectivity index (χ0v) is 10.2. The van der Waals surface area contributed by atoms with Crippen LogP contribution in [0.15, 0.2) is 17.0 Å². The lowest BCUT2D eigenvalue weighted by molar-refractivity contribution is -0.136. The summed E-state index contributed by atoms with van der Waals surface area (Å²) < 4.78 is 0. The van der Waals surface area contributed by atoms with E-state index in [2.05, 4.69) is 28.6 Å². The summed E-state index contributed by atoms with van der Waals surface area (Å²) in [5.74, 6) is -0.909. The van der Waals surface area contributed by atoms with Gasteiger partial charge in [-0.15, -0.1) is 12.6 Å². The summed E-state index contributed by atoms with van der Waals surface area (Å²) in [7, 11) is 0. The number of aliphatic carboxylic acids is 1. The van der Waals surface area contributed by atoms with Crippen LogP contribution in [-0.4, -0.2) is 11.1 Å². The first-order valence-corrected chi connectivity index (χ1v) is 5.68. The van der Waals surface area contributed by atoms with Crippen LogP contribution in [0, 0.1) is 11.3 Å². The lowest BCUT2D eigenvalue weighted by Gasteiger charge is -2.07. The molecule has 0 spiro atoms. The minimum atomic E-state index is -0.909. The first-order chi connectivity index (χ1) is 7.08. The van der Waals surface area contributed by atoms with E-state index in [4.69, 9.17) is 10.4 Å². The molecule has 0 amide bonds. The van der Waals surface area contributed by atoms with Gasteiger partial charge < -0.3 is 5.11 Å². The molecule has 0 saturated heterocycles. The van der Waals surface area contributed by atoms with E-state index >= 15 is 0 Å². The Morgan fingerprint density at radius 2 is 2.20 bits per heavy atom. The van der Waals surface area contributed by atoms with Crippen LogP contribution < -0.4 is 0 Å². The van der Waals surface area contributed by atoms with E-state index < -0.39 is 5.97 Å². The number of alkyl halides is 1. The largest absolute Gasteiger partial charge is 0.481 e. The molecule has 1 rings (SSSR count). The van der Waals surface area contributed by atoms with Gasteiger partial charge in [-0.3, -0.25) is 4.79 Å². The highest BCUT2D eigenvalue weighted by Crippen LogP contribution is 2.22. The van der Waals surface area contributed by atoms with E-state index in [9.17, 15) is 4.79 Å². The number of carbonyl (C=O) groups is 1. The zero-order chi connectivity index (χ0) is 11.4. The summed E-state index contributed by atoms with van der Waals surface area (Å²) in [6.45, 7) is 0. The van der Waals surface area contributed by atoms with Crippen molar-refractivity contribution >= 4 is 34.5 Å². The summed E-state index contributed by atoms with van der Waals surface area (Å²) in [5.41, 5.74) is 1.90. The Kier molecular flexibility index (Phi) is 4.18. The van der Waals surface area contributed by atoms with Gasteiger partial charge in [0.2, 0.25) is 0 Å². The number of thiol groups is 1. The maximum absolute atomic E-state index is 10.6. The second-order valence-corrected chi connectivity index (χ2v) is 4.00. The van der Waals surface area contributed by atoms with Gasteiger partial charge in [-0.1, -0.05) is 15.9 Å². The fourth-order valence-electron chi connectivity index (χ4n) is 1.22. The fourth-order valence-corrected chi connectivity index (χ4v) is 2.01. The predicted molar refractivity (Wildman–Crippen MR) is 62.4 cm³/mol. The lowest BCUT2D eigenvalue weighted by Crippen LogP contribution is -2.03. The van der Waals surface area contributed by atoms with Crippen molar-refractivity contribution in [3.63, 3.8) is 0 Å². The molecule has 0 aliphatic carbocycles. The highest BCUT2D eigenvalue weighted by molar-refractivity contribution is 9.08. The van der Waals surface area contributed by atoms with Crippen LogP contribution in [0.25, 0.3) is 0 Å². The van der Waals surface area contributed by atoms with Crippen molar-refractivity contribution < 1.29 is 9.90 Å². The molecule has 0 atom stereocenters. The van der Waals surface area contributed by atoms with Gasteiger partial charge in [0.25, 0.3) is 0 Å². The molecule has 0 aliphatic heterocycles. The Balaban J connectivity index is 3.23. The van der Waals surface area contributed by atoms with Crippen LogP contribution in [0.2, 0.25) is 0 Å². The minimum Gasteiger partial charge on any atom is -0.481 e. The first kappa shape index (κ1) is 12.1. The molecule has 0 unspecified atom stereocenters. The third-order valence-electron chi connectivity index (χ3n) is 1.92. The van der Waals surface area contributed by atoms with Gasteiger partial charge in [0.15, 0.2) is 0 Å². The van der Waals surface area contributed by atoms with Crippen molar-refractivity contribution in [3.05, 3.63) is 28.8 Å². The van der Waals surface area contributed by atoms with Crippen LogP contribution in [0.1, 0.15) is 16.7 Å². The van der Waals surface area contributed by atoms with Gasteiger partial charge in [-0.05, 0) is 23.3 Å². The van der Waals surface area contributed by atoms with E-state index in [0.29, 0.717) is 21.4 Å². The maximum atomic E-state index is 10.6. The van der Waals surface area contributed by atoms with Gasteiger partial charge in [-0.25, -0.2) is 0 Å². The number of rotatable bonds is 3. The van der Waals surface area contributed by atoms with Crippen molar-refractivity contribution in [2.75, 3.05) is 0 Å². The van der Waals surface area contributed by atoms with Crippen molar-refractivity contribution in [3.8, 4) is 6.07 Å². The fraction of sp³-hybridized carbons (Fsp3) is 0.200. The zero-order valence-electron chi connectivity index (χ0n) is 7.70. The Hall–Kier alpha value is -0.990. The Morgan fingerprint density at radius 1 is 1.53 bits per heavy atom. The number of benzene rings is 1. The van der Waals surface area contributed by atoms with Gasteiger partial charge in [0, 0.05) is 10.2 Å². The molecule has 0 heterocycles. The van der Waals surface area contributed by atoms with E-state index in [0.717, 1.165) is 5.56 Å². The maximum Gasteiger partial charge on any atom is 0.307 e. The summed E-state index contributed by atoms with van der Waals surface area (Å²) >= 11 is 7.42. The number of nitrogens with zero attached hydrogens (tertiary/aromatic N) is 1. The molecule has 78 valence electrons. The van der Waals surface area contributed by atoms with E-state index in [-0.39, 0.29) is 6.42 Å². The van der Waals surface area contributed by atoms with Gasteiger partial charge >= 0.3 is 5.97 Å². The van der Waals surface area contributed by atoms with Gasteiger partial charge in [-0.2, -0.15) is 5.26 Å². The number of halogens is 1. The van der Waals surface area contributed by atoms with E-state index in [1.807, 2.05) is 6.07 Å². The highest BCUT2D eigenvalue weighted by Gasteiger charge is 2.10. The highest BCUT2D eigenvalue weighted by atomic mass is 79.9. The number of hydrogen-bond acceptors (Lipinski definition) is 3. The topological polar surface area (TPSA) is 61.1 Å². The van der Waals surface area contributed by atoms with Crippen LogP contribution in [0.4, 0.5) is 0 Å². The summed E-state index contributed by atoms with van der Waals surface area (Å²) in [5, 5.41) is 18.0. The average Bonchev–Trinajstić information content (AvgIpc) is 2.19. The molecule has 0 aliphatic rings. The quantitative estimate of drug-likeness (QED) is 0.662. The van der Waals surface area contributed by atoms with Crippen molar-refractivity contribution in [2.24, 2.45) is 0 Å². The smallest absolute Gasteiger partial charge is 0.307 e. The summed E-state index contributed by atoms with van der Waals surface area (Å²) in [6.07, 6.45) is -0.0797. The second-order valence-electron chi connectivity index (χ2n) is 2.95. The van der Waals surface area contributed by atoms with Gasteiger partial charge in [0.05, 0.1) is 12.0 Å². The minimum absolute atomic E-state index is 0.0797. The van der Waals surface area contributed by atoms with Gasteiger partial charge in [0.1, 0.15) is 6.07 Å². The number of nitriles is 1. The van der Waals surface area contributed by atoms with Crippen molar-refractivity contribution in [1.29, 1.82) is 5.26 Å². The molecule has 1 aromatic carbocycles. The normalized spacial score (nSPS) is 9.67. The molecular weight excluding hydrogens is 278 g/mol. The third-order valence-corrected chi connectivity index (χ3v) is 2.90. The van der Waals surface area contributed by atoms with Crippen LogP contribution >= 0.6 is 28.6 Å². The lowest BCUT2D eigenvalue weighted by atomic mass is 10.0. The average molecular weight is 286 g/mol. The van der Waals surface area contributed by atoms with E-state index in [1.165, 1.54) is 0 Å². The van der Waals surface area contributed by atoms with Crippen molar-refractivity contribution in [2.45, 2.75) is 16.6 Å². The molecule has 0 bridgehead atoms. The Morgan fingerprint density at radius 3 is 2.67 bits per heavy atom. The number of carboxylic acids is 1. The second kappa shape index (κ2) is 5.19. The Labute approximate surface area is 101 Å². The summed E-state index contributed by atoms with van der Waals surface area (Å²) in [6, 6.07) is 5.27. The monoisotopic (exact) mass is 285 g/mol. The molecule has 1 N–H and O–H groups in total. The predicted octanol–water partition coefficient (Wildman–Crippen LogP) is 2.37. The molecule has 0 saturated carbocycles. The number of hydrogen-bond donors (Lipinski definition) is 2. The first-order valence-electron chi connectivity index (χ1n) is 4.11. The molecule has 5 heteroatoms. The van der Waals surface area contributed by atoms with Crippen molar-refractivity contribution in [1.82, 2.24) is 0 Å². The summed E-state index contributed by atoms with van der Waals surface area (Å²) in [4.78, 5) is 11.2. The molecule has 3 nitrogen and oxygen atoms in total. The van der Waals surface area contributed by atoms with E-state index in [1.54, 1.807) is 12.1 Å². The third kappa shape index (κ3) is 2.98. The van der Waals surface area contributed by atoms with Crippen LogP contribution in [-0.2, 0) is 16.5 Å². The van der Waals surface area contributed by atoms with Crippen LogP contribution in [0.5, 0.6) is 0 Å². The molecule has 0 aromatic heterocycles. The molecule has 1 aromatic rings. The van der Waals surface area contributed by atoms with Crippen LogP contribution in [0.3, 0.4) is 0 Å². The molecule has 0 radical (unpaired) electrons. The molecule has 15 heavy (non-hydrogen) atoms. The standard InChI is InChI=1S/C10H8BrNO2S/c11-4-7-2-9(15)8(5-12)1-6(7)3-10(13)14/h1-2,15H,3-4H2,(H,13,14). The molecular formula is C10H8BrNO2S. The Bertz CT molecular complexity index is 440. The number of carboxylic acid groups (broad SMARTS) is 1. The molecule has 0 fully saturated rings.